The van der Waals surface area contributed by atoms with Crippen molar-refractivity contribution >= 4 is 17.3 Å². The van der Waals surface area contributed by atoms with Crippen molar-refractivity contribution in [1.29, 1.82) is 0 Å². The van der Waals surface area contributed by atoms with Crippen molar-refractivity contribution in [2.75, 3.05) is 5.73 Å². The van der Waals surface area contributed by atoms with Crippen LogP contribution in [-0.4, -0.2) is 0 Å². The first-order valence-electron chi connectivity index (χ1n) is 5.54. The third-order valence-electron chi connectivity index (χ3n) is 2.57. The smallest absolute Gasteiger partial charge is 0.0638 e. The van der Waals surface area contributed by atoms with Crippen LogP contribution in [0.25, 0.3) is 0 Å². The topological polar surface area (TPSA) is 38.0 Å². The SMILES string of the molecule is Nc1ccc(CNCc2ccccc2)cc1Cl. The molecule has 0 saturated heterocycles. The van der Waals surface area contributed by atoms with Crippen LogP contribution >= 0.6 is 11.6 Å². The molecule has 2 nitrogen and oxygen atoms in total. The number of hydrogen-bond donors (Lipinski definition) is 2. The number of halogens is 1. The van der Waals surface area contributed by atoms with Gasteiger partial charge >= 0.3 is 0 Å². The van der Waals surface area contributed by atoms with E-state index in [1.807, 2.05) is 36.4 Å². The summed E-state index contributed by atoms with van der Waals surface area (Å²) in [5.74, 6) is 0. The lowest BCUT2D eigenvalue weighted by atomic mass is 10.2. The molecule has 0 aliphatic carbocycles. The van der Waals surface area contributed by atoms with Crippen molar-refractivity contribution in [3.8, 4) is 0 Å². The first-order chi connectivity index (χ1) is 8.25. The molecule has 0 aliphatic heterocycles. The van der Waals surface area contributed by atoms with E-state index in [2.05, 4.69) is 17.4 Å². The van der Waals surface area contributed by atoms with Crippen LogP contribution in [-0.2, 0) is 13.1 Å². The van der Waals surface area contributed by atoms with Gasteiger partial charge in [-0.15, -0.1) is 0 Å². The molecular weight excluding hydrogens is 232 g/mol. The van der Waals surface area contributed by atoms with Crippen molar-refractivity contribution in [3.63, 3.8) is 0 Å². The molecule has 0 bridgehead atoms. The summed E-state index contributed by atoms with van der Waals surface area (Å²) in [5, 5.41) is 3.98. The van der Waals surface area contributed by atoms with E-state index in [1.165, 1.54) is 5.56 Å². The van der Waals surface area contributed by atoms with Crippen LogP contribution in [0.4, 0.5) is 5.69 Å². The first-order valence-corrected chi connectivity index (χ1v) is 5.92. The fourth-order valence-corrected chi connectivity index (χ4v) is 1.83. The maximum absolute atomic E-state index is 5.96. The van der Waals surface area contributed by atoms with Gasteiger partial charge in [0.2, 0.25) is 0 Å². The van der Waals surface area contributed by atoms with Gasteiger partial charge in [-0.05, 0) is 23.3 Å². The minimum absolute atomic E-state index is 0.615. The third-order valence-corrected chi connectivity index (χ3v) is 2.89. The minimum Gasteiger partial charge on any atom is -0.398 e. The molecule has 88 valence electrons. The molecule has 0 heterocycles. The van der Waals surface area contributed by atoms with Gasteiger partial charge in [0, 0.05) is 13.1 Å². The van der Waals surface area contributed by atoms with Crippen LogP contribution < -0.4 is 11.1 Å². The van der Waals surface area contributed by atoms with Crippen LogP contribution in [0.3, 0.4) is 0 Å². The van der Waals surface area contributed by atoms with Crippen LogP contribution in [0.15, 0.2) is 48.5 Å². The van der Waals surface area contributed by atoms with Gasteiger partial charge in [-0.1, -0.05) is 48.0 Å². The van der Waals surface area contributed by atoms with Crippen LogP contribution in [0.1, 0.15) is 11.1 Å². The molecule has 0 aromatic heterocycles. The van der Waals surface area contributed by atoms with E-state index >= 15 is 0 Å². The molecular formula is C14H15ClN2. The van der Waals surface area contributed by atoms with E-state index < -0.39 is 0 Å². The second-order valence-electron chi connectivity index (χ2n) is 3.95. The third kappa shape index (κ3) is 3.48. The molecule has 0 fully saturated rings. The van der Waals surface area contributed by atoms with Gasteiger partial charge in [-0.2, -0.15) is 0 Å². The van der Waals surface area contributed by atoms with Crippen molar-refractivity contribution in [2.24, 2.45) is 0 Å². The number of nitrogen functional groups attached to an aromatic ring is 1. The minimum atomic E-state index is 0.615. The van der Waals surface area contributed by atoms with E-state index in [-0.39, 0.29) is 0 Å². The van der Waals surface area contributed by atoms with Crippen molar-refractivity contribution in [2.45, 2.75) is 13.1 Å². The van der Waals surface area contributed by atoms with Gasteiger partial charge in [0.25, 0.3) is 0 Å². The lowest BCUT2D eigenvalue weighted by Crippen LogP contribution is -2.12. The van der Waals surface area contributed by atoms with Gasteiger partial charge in [0.05, 0.1) is 10.7 Å². The van der Waals surface area contributed by atoms with Gasteiger partial charge in [0.15, 0.2) is 0 Å². The summed E-state index contributed by atoms with van der Waals surface area (Å²) < 4.78 is 0. The van der Waals surface area contributed by atoms with E-state index in [9.17, 15) is 0 Å². The van der Waals surface area contributed by atoms with Crippen molar-refractivity contribution in [1.82, 2.24) is 5.32 Å². The second-order valence-corrected chi connectivity index (χ2v) is 4.35. The van der Waals surface area contributed by atoms with Gasteiger partial charge < -0.3 is 11.1 Å². The van der Waals surface area contributed by atoms with E-state index in [4.69, 9.17) is 17.3 Å². The summed E-state index contributed by atoms with van der Waals surface area (Å²) in [6.45, 7) is 1.64. The molecule has 0 unspecified atom stereocenters. The highest BCUT2D eigenvalue weighted by molar-refractivity contribution is 6.33. The maximum Gasteiger partial charge on any atom is 0.0638 e. The first kappa shape index (κ1) is 12.0. The highest BCUT2D eigenvalue weighted by Crippen LogP contribution is 2.19. The highest BCUT2D eigenvalue weighted by atomic mass is 35.5. The fourth-order valence-electron chi connectivity index (χ4n) is 1.63. The molecule has 0 atom stereocenters. The lowest BCUT2D eigenvalue weighted by molar-refractivity contribution is 0.693. The summed E-state index contributed by atoms with van der Waals surface area (Å²) >= 11 is 5.96. The Morgan fingerprint density at radius 1 is 0.941 bits per heavy atom. The fraction of sp³-hybridized carbons (Fsp3) is 0.143. The Morgan fingerprint density at radius 3 is 2.35 bits per heavy atom. The largest absolute Gasteiger partial charge is 0.398 e. The number of anilines is 1. The molecule has 2 aromatic carbocycles. The van der Waals surface area contributed by atoms with Gasteiger partial charge in [-0.25, -0.2) is 0 Å². The van der Waals surface area contributed by atoms with E-state index in [1.54, 1.807) is 0 Å². The zero-order valence-electron chi connectivity index (χ0n) is 9.49. The molecule has 0 amide bonds. The zero-order valence-corrected chi connectivity index (χ0v) is 10.2. The Kier molecular flexibility index (Phi) is 4.02. The molecule has 3 N–H and O–H groups in total. The Morgan fingerprint density at radius 2 is 1.65 bits per heavy atom. The van der Waals surface area contributed by atoms with Crippen molar-refractivity contribution in [3.05, 3.63) is 64.7 Å². The zero-order chi connectivity index (χ0) is 12.1. The van der Waals surface area contributed by atoms with Gasteiger partial charge in [0.1, 0.15) is 0 Å². The van der Waals surface area contributed by atoms with Crippen LogP contribution in [0.5, 0.6) is 0 Å². The molecule has 2 aromatic rings. The maximum atomic E-state index is 5.96. The van der Waals surface area contributed by atoms with Crippen LogP contribution in [0, 0.1) is 0 Å². The number of nitrogens with one attached hydrogen (secondary N) is 1. The lowest BCUT2D eigenvalue weighted by Gasteiger charge is -2.06. The average Bonchev–Trinajstić information content (AvgIpc) is 2.35. The number of nitrogens with two attached hydrogens (primary N) is 1. The number of benzene rings is 2. The van der Waals surface area contributed by atoms with Crippen LogP contribution in [0.2, 0.25) is 5.02 Å². The molecule has 0 aliphatic rings. The summed E-state index contributed by atoms with van der Waals surface area (Å²) in [7, 11) is 0. The Balaban J connectivity index is 1.88. The summed E-state index contributed by atoms with van der Waals surface area (Å²) in [5.41, 5.74) is 8.69. The monoisotopic (exact) mass is 246 g/mol. The Bertz CT molecular complexity index is 483. The van der Waals surface area contributed by atoms with E-state index in [0.717, 1.165) is 18.7 Å². The van der Waals surface area contributed by atoms with Crippen molar-refractivity contribution < 1.29 is 0 Å². The molecule has 2 rings (SSSR count). The number of hydrogen-bond acceptors (Lipinski definition) is 2. The summed E-state index contributed by atoms with van der Waals surface area (Å²) in [6.07, 6.45) is 0. The summed E-state index contributed by atoms with van der Waals surface area (Å²) in [4.78, 5) is 0. The Hall–Kier alpha value is -1.51. The predicted octanol–water partition coefficient (Wildman–Crippen LogP) is 3.21. The standard InChI is InChI=1S/C14H15ClN2/c15-13-8-12(6-7-14(13)16)10-17-9-11-4-2-1-3-5-11/h1-8,17H,9-10,16H2. The average molecular weight is 247 g/mol. The van der Waals surface area contributed by atoms with E-state index in [0.29, 0.717) is 10.7 Å². The molecule has 0 radical (unpaired) electrons. The Labute approximate surface area is 106 Å². The normalized spacial score (nSPS) is 10.4. The second kappa shape index (κ2) is 5.71. The van der Waals surface area contributed by atoms with Gasteiger partial charge in [-0.3, -0.25) is 0 Å². The highest BCUT2D eigenvalue weighted by Gasteiger charge is 1.98. The molecule has 3 heteroatoms. The number of rotatable bonds is 4. The molecule has 0 spiro atoms. The predicted molar refractivity (Wildman–Crippen MR) is 72.9 cm³/mol. The quantitative estimate of drug-likeness (QED) is 0.813. The molecule has 0 saturated carbocycles. The summed E-state index contributed by atoms with van der Waals surface area (Å²) in [6, 6.07) is 16.0. The molecule has 17 heavy (non-hydrogen) atoms.